The average Bonchev–Trinajstić information content (AvgIpc) is 3.10. The van der Waals surface area contributed by atoms with Gasteiger partial charge in [0.15, 0.2) is 0 Å². The summed E-state index contributed by atoms with van der Waals surface area (Å²) in [6.45, 7) is 4.09. The Labute approximate surface area is 180 Å². The summed E-state index contributed by atoms with van der Waals surface area (Å²) in [6.07, 6.45) is 3.58. The Morgan fingerprint density at radius 2 is 2.00 bits per heavy atom. The van der Waals surface area contributed by atoms with Crippen LogP contribution in [0.3, 0.4) is 0 Å². The molecule has 0 aliphatic carbocycles. The lowest BCUT2D eigenvalue weighted by Crippen LogP contribution is -2.30. The van der Waals surface area contributed by atoms with Crippen molar-refractivity contribution in [2.75, 3.05) is 16.0 Å². The predicted molar refractivity (Wildman–Crippen MR) is 117 cm³/mol. The molecule has 2 atom stereocenters. The fourth-order valence-corrected chi connectivity index (χ4v) is 4.83. The van der Waals surface area contributed by atoms with Crippen LogP contribution in [0.5, 0.6) is 0 Å². The number of unbranched alkanes of at least 4 members (excludes halogenated alkanes) is 1. The second kappa shape index (κ2) is 10.1. The van der Waals surface area contributed by atoms with Crippen LogP contribution < -0.4 is 10.2 Å². The number of carbonyl (C=O) groups excluding carboxylic acids is 2. The number of hydrogen-bond acceptors (Lipinski definition) is 3. The third-order valence-electron chi connectivity index (χ3n) is 5.29. The van der Waals surface area contributed by atoms with E-state index in [1.807, 2.05) is 25.1 Å². The maximum atomic E-state index is 14.4. The molecule has 2 aromatic rings. The van der Waals surface area contributed by atoms with E-state index >= 15 is 0 Å². The summed E-state index contributed by atoms with van der Waals surface area (Å²) in [5, 5.41) is 2.50. The zero-order valence-electron chi connectivity index (χ0n) is 17.2. The fourth-order valence-electron chi connectivity index (χ4n) is 3.62. The van der Waals surface area contributed by atoms with E-state index in [1.54, 1.807) is 6.07 Å². The number of para-hydroxylation sites is 1. The largest absolute Gasteiger partial charge is 0.325 e. The van der Waals surface area contributed by atoms with E-state index in [0.29, 0.717) is 5.69 Å². The van der Waals surface area contributed by atoms with Crippen molar-refractivity contribution in [1.29, 1.82) is 0 Å². The minimum absolute atomic E-state index is 0.0342. The molecule has 3 rings (SSSR count). The maximum absolute atomic E-state index is 14.4. The Hall–Kier alpha value is -2.41. The highest BCUT2D eigenvalue weighted by Gasteiger charge is 2.37. The molecular formula is C23H26F2N2O2S. The number of thioether (sulfide) groups is 1. The molecule has 2 aromatic carbocycles. The number of nitrogens with one attached hydrogen (secondary N) is 1. The zero-order valence-corrected chi connectivity index (χ0v) is 18.0. The number of amides is 2. The molecule has 30 heavy (non-hydrogen) atoms. The predicted octanol–water partition coefficient (Wildman–Crippen LogP) is 5.90. The lowest BCUT2D eigenvalue weighted by atomic mass is 9.98. The van der Waals surface area contributed by atoms with E-state index in [4.69, 9.17) is 0 Å². The van der Waals surface area contributed by atoms with Gasteiger partial charge in [0.25, 0.3) is 0 Å². The molecule has 1 aliphatic heterocycles. The van der Waals surface area contributed by atoms with E-state index in [0.717, 1.165) is 43.4 Å². The summed E-state index contributed by atoms with van der Waals surface area (Å²) in [4.78, 5) is 26.7. The van der Waals surface area contributed by atoms with Gasteiger partial charge >= 0.3 is 0 Å². The summed E-state index contributed by atoms with van der Waals surface area (Å²) < 4.78 is 27.8. The minimum atomic E-state index is -0.789. The molecule has 4 nitrogen and oxygen atoms in total. The molecule has 0 radical (unpaired) electrons. The summed E-state index contributed by atoms with van der Waals surface area (Å²) in [5.74, 6) is -1.70. The molecule has 1 N–H and O–H groups in total. The van der Waals surface area contributed by atoms with E-state index < -0.39 is 17.0 Å². The van der Waals surface area contributed by atoms with Gasteiger partial charge in [-0.1, -0.05) is 44.9 Å². The number of anilines is 2. The van der Waals surface area contributed by atoms with Crippen molar-refractivity contribution in [1.82, 2.24) is 0 Å². The van der Waals surface area contributed by atoms with E-state index in [-0.39, 0.29) is 29.2 Å². The van der Waals surface area contributed by atoms with Crippen LogP contribution in [-0.2, 0) is 9.59 Å². The summed E-state index contributed by atoms with van der Waals surface area (Å²) in [5.41, 5.74) is 1.36. The van der Waals surface area contributed by atoms with Crippen LogP contribution in [0, 0.1) is 17.6 Å². The minimum Gasteiger partial charge on any atom is -0.325 e. The van der Waals surface area contributed by atoms with Crippen molar-refractivity contribution in [3.05, 3.63) is 59.7 Å². The Morgan fingerprint density at radius 3 is 2.70 bits per heavy atom. The van der Waals surface area contributed by atoms with Crippen LogP contribution in [0.4, 0.5) is 20.2 Å². The first-order chi connectivity index (χ1) is 14.5. The lowest BCUT2D eigenvalue weighted by molar-refractivity contribution is -0.120. The van der Waals surface area contributed by atoms with Gasteiger partial charge in [0, 0.05) is 23.2 Å². The molecule has 0 saturated carbocycles. The second-order valence-corrected chi connectivity index (χ2v) is 8.42. The summed E-state index contributed by atoms with van der Waals surface area (Å²) >= 11 is 1.35. The van der Waals surface area contributed by atoms with Crippen molar-refractivity contribution in [3.63, 3.8) is 0 Å². The molecule has 1 saturated heterocycles. The Bertz CT molecular complexity index is 922. The Kier molecular flexibility index (Phi) is 7.48. The lowest BCUT2D eigenvalue weighted by Gasteiger charge is -2.27. The van der Waals surface area contributed by atoms with Gasteiger partial charge in [0.2, 0.25) is 11.8 Å². The first-order valence-corrected chi connectivity index (χ1v) is 11.3. The molecule has 1 fully saturated rings. The van der Waals surface area contributed by atoms with E-state index in [9.17, 15) is 18.4 Å². The van der Waals surface area contributed by atoms with Gasteiger partial charge in [0.05, 0.1) is 11.4 Å². The van der Waals surface area contributed by atoms with E-state index in [2.05, 4.69) is 12.2 Å². The smallest absolute Gasteiger partial charge is 0.238 e. The summed E-state index contributed by atoms with van der Waals surface area (Å²) in [7, 11) is 0. The first kappa shape index (κ1) is 22.3. The number of hydrogen-bond donors (Lipinski definition) is 1. The van der Waals surface area contributed by atoms with Crippen LogP contribution in [0.15, 0.2) is 42.5 Å². The molecular weight excluding hydrogens is 406 g/mol. The molecule has 0 bridgehead atoms. The topological polar surface area (TPSA) is 49.4 Å². The van der Waals surface area contributed by atoms with Crippen molar-refractivity contribution in [2.24, 2.45) is 5.92 Å². The third kappa shape index (κ3) is 4.83. The maximum Gasteiger partial charge on any atom is 0.238 e. The van der Waals surface area contributed by atoms with Crippen LogP contribution in [-0.4, -0.2) is 17.6 Å². The highest BCUT2D eigenvalue weighted by molar-refractivity contribution is 8.00. The van der Waals surface area contributed by atoms with Gasteiger partial charge in [-0.05, 0) is 31.0 Å². The highest BCUT2D eigenvalue weighted by Crippen LogP contribution is 2.45. The number of rotatable bonds is 8. The van der Waals surface area contributed by atoms with Crippen LogP contribution in [0.1, 0.15) is 50.5 Å². The Morgan fingerprint density at radius 1 is 1.23 bits per heavy atom. The van der Waals surface area contributed by atoms with Gasteiger partial charge in [-0.2, -0.15) is 0 Å². The molecule has 160 valence electrons. The molecule has 0 spiro atoms. The third-order valence-corrected chi connectivity index (χ3v) is 6.49. The van der Waals surface area contributed by atoms with Gasteiger partial charge in [-0.15, -0.1) is 11.8 Å². The monoisotopic (exact) mass is 432 g/mol. The number of benzene rings is 2. The van der Waals surface area contributed by atoms with Crippen LogP contribution >= 0.6 is 11.8 Å². The van der Waals surface area contributed by atoms with Gasteiger partial charge < -0.3 is 5.32 Å². The van der Waals surface area contributed by atoms with Crippen molar-refractivity contribution < 1.29 is 18.4 Å². The van der Waals surface area contributed by atoms with Gasteiger partial charge in [-0.3, -0.25) is 14.5 Å². The quantitative estimate of drug-likeness (QED) is 0.565. The first-order valence-electron chi connectivity index (χ1n) is 10.2. The van der Waals surface area contributed by atoms with Crippen molar-refractivity contribution >= 4 is 35.0 Å². The van der Waals surface area contributed by atoms with Crippen LogP contribution in [0.2, 0.25) is 0 Å². The zero-order chi connectivity index (χ0) is 21.7. The van der Waals surface area contributed by atoms with E-state index in [1.165, 1.54) is 22.7 Å². The average molecular weight is 433 g/mol. The Balaban J connectivity index is 1.90. The molecule has 1 aliphatic rings. The molecule has 2 amide bonds. The van der Waals surface area contributed by atoms with Gasteiger partial charge in [-0.25, -0.2) is 8.78 Å². The molecule has 7 heteroatoms. The normalized spacial score (nSPS) is 17.3. The van der Waals surface area contributed by atoms with Crippen molar-refractivity contribution in [3.8, 4) is 0 Å². The molecule has 1 heterocycles. The number of carbonyl (C=O) groups is 2. The van der Waals surface area contributed by atoms with Crippen LogP contribution in [0.25, 0.3) is 0 Å². The SMILES string of the molecule is CCCCC(CC)C(=O)Nc1ccccc1C1SCC(=O)N1c1ccc(F)cc1F. The van der Waals surface area contributed by atoms with Gasteiger partial charge in [0.1, 0.15) is 17.0 Å². The molecule has 2 unspecified atom stereocenters. The highest BCUT2D eigenvalue weighted by atomic mass is 32.2. The number of halogens is 2. The summed E-state index contributed by atoms with van der Waals surface area (Å²) in [6, 6.07) is 10.4. The fraction of sp³-hybridized carbons (Fsp3) is 0.391. The standard InChI is InChI=1S/C23H26F2N2O2S/c1-3-5-8-15(4-2)22(29)26-19-10-7-6-9-17(19)23-27(21(28)14-30-23)20-12-11-16(24)13-18(20)25/h6-7,9-13,15,23H,3-5,8,14H2,1-2H3,(H,26,29). The molecule has 0 aromatic heterocycles. The van der Waals surface area contributed by atoms with Crippen molar-refractivity contribution in [2.45, 2.75) is 44.9 Å². The number of nitrogens with zero attached hydrogens (tertiary/aromatic N) is 1. The second-order valence-electron chi connectivity index (χ2n) is 7.35.